The van der Waals surface area contributed by atoms with E-state index in [4.69, 9.17) is 9.73 Å². The van der Waals surface area contributed by atoms with Crippen molar-refractivity contribution in [3.05, 3.63) is 48.3 Å². The summed E-state index contributed by atoms with van der Waals surface area (Å²) in [6.45, 7) is 7.18. The predicted molar refractivity (Wildman–Crippen MR) is 109 cm³/mol. The van der Waals surface area contributed by atoms with Gasteiger partial charge in [-0.2, -0.15) is 5.10 Å². The van der Waals surface area contributed by atoms with Crippen LogP contribution in [0.15, 0.2) is 47.7 Å². The van der Waals surface area contributed by atoms with E-state index in [2.05, 4.69) is 28.3 Å². The van der Waals surface area contributed by atoms with Crippen molar-refractivity contribution >= 4 is 11.9 Å². The zero-order valence-electron chi connectivity index (χ0n) is 16.7. The lowest BCUT2D eigenvalue weighted by molar-refractivity contribution is -0.149. The van der Waals surface area contributed by atoms with Crippen molar-refractivity contribution in [2.24, 2.45) is 10.9 Å². The molecule has 3 rings (SSSR count). The number of piperidine rings is 1. The summed E-state index contributed by atoms with van der Waals surface area (Å²) in [4.78, 5) is 19.2. The number of nitrogens with zero attached hydrogens (tertiary/aromatic N) is 4. The molecule has 0 saturated carbocycles. The number of hydrogen-bond donors (Lipinski definition) is 1. The van der Waals surface area contributed by atoms with Gasteiger partial charge in [0.2, 0.25) is 0 Å². The number of nitrogens with one attached hydrogen (secondary N) is 1. The van der Waals surface area contributed by atoms with Gasteiger partial charge in [-0.25, -0.2) is 9.67 Å². The number of guanidine groups is 1. The summed E-state index contributed by atoms with van der Waals surface area (Å²) in [5.41, 5.74) is 2.12. The highest BCUT2D eigenvalue weighted by Gasteiger charge is 2.28. The fourth-order valence-corrected chi connectivity index (χ4v) is 3.49. The number of carbonyl (C=O) groups excluding carboxylic acids is 1. The normalized spacial score (nSPS) is 17.4. The monoisotopic (exact) mass is 383 g/mol. The van der Waals surface area contributed by atoms with Crippen LogP contribution in [0.3, 0.4) is 0 Å². The Bertz CT molecular complexity index is 788. The Kier molecular flexibility index (Phi) is 7.06. The summed E-state index contributed by atoms with van der Waals surface area (Å²) in [6, 6.07) is 10.0. The molecule has 0 bridgehead atoms. The minimum Gasteiger partial charge on any atom is -0.466 e. The lowest BCUT2D eigenvalue weighted by Gasteiger charge is -2.34. The van der Waals surface area contributed by atoms with Crippen LogP contribution in [-0.2, 0) is 16.1 Å². The Morgan fingerprint density at radius 2 is 2.18 bits per heavy atom. The van der Waals surface area contributed by atoms with Gasteiger partial charge in [0.25, 0.3) is 0 Å². The highest BCUT2D eigenvalue weighted by molar-refractivity contribution is 5.81. The Labute approximate surface area is 166 Å². The zero-order valence-corrected chi connectivity index (χ0v) is 16.7. The molecule has 1 aliphatic rings. The first-order valence-corrected chi connectivity index (χ1v) is 10.0. The number of ether oxygens (including phenoxy) is 1. The Balaban J connectivity index is 1.76. The maximum Gasteiger partial charge on any atom is 0.310 e. The van der Waals surface area contributed by atoms with Crippen molar-refractivity contribution in [2.75, 3.05) is 26.2 Å². The number of para-hydroxylation sites is 1. The Morgan fingerprint density at radius 1 is 1.32 bits per heavy atom. The van der Waals surface area contributed by atoms with Gasteiger partial charge in [0.15, 0.2) is 5.96 Å². The molecule has 150 valence electrons. The molecule has 0 aliphatic carbocycles. The lowest BCUT2D eigenvalue weighted by Crippen LogP contribution is -2.48. The molecule has 1 aromatic carbocycles. The van der Waals surface area contributed by atoms with Crippen LogP contribution in [0.1, 0.15) is 32.3 Å². The number of rotatable bonds is 6. The molecule has 1 N–H and O–H groups in total. The van der Waals surface area contributed by atoms with Crippen LogP contribution in [0.5, 0.6) is 0 Å². The first-order chi connectivity index (χ1) is 13.7. The second-order valence-electron chi connectivity index (χ2n) is 6.79. The Morgan fingerprint density at radius 3 is 2.93 bits per heavy atom. The third-order valence-electron chi connectivity index (χ3n) is 4.82. The molecule has 0 spiro atoms. The number of likely N-dealkylation sites (tertiary alicyclic amines) is 1. The first kappa shape index (κ1) is 19.9. The quantitative estimate of drug-likeness (QED) is 0.472. The van der Waals surface area contributed by atoms with E-state index in [0.717, 1.165) is 43.1 Å². The third kappa shape index (κ3) is 4.91. The molecule has 1 aliphatic heterocycles. The summed E-state index contributed by atoms with van der Waals surface area (Å²) in [5, 5.41) is 7.71. The number of carbonyl (C=O) groups is 1. The molecule has 1 fully saturated rings. The summed E-state index contributed by atoms with van der Waals surface area (Å²) in [5.74, 6) is 0.646. The number of aromatic nitrogens is 2. The number of hydrogen-bond acceptors (Lipinski definition) is 4. The van der Waals surface area contributed by atoms with Gasteiger partial charge in [0.1, 0.15) is 0 Å². The molecule has 2 aromatic rings. The largest absolute Gasteiger partial charge is 0.466 e. The summed E-state index contributed by atoms with van der Waals surface area (Å²) >= 11 is 0. The summed E-state index contributed by atoms with van der Waals surface area (Å²) < 4.78 is 7.08. The van der Waals surface area contributed by atoms with Crippen molar-refractivity contribution in [1.29, 1.82) is 0 Å². The maximum absolute atomic E-state index is 12.2. The molecule has 0 radical (unpaired) electrons. The van der Waals surface area contributed by atoms with E-state index in [0.29, 0.717) is 19.7 Å². The molecule has 2 heterocycles. The van der Waals surface area contributed by atoms with Gasteiger partial charge in [-0.3, -0.25) is 4.79 Å². The average Bonchev–Trinajstić information content (AvgIpc) is 3.26. The fourth-order valence-electron chi connectivity index (χ4n) is 3.49. The smallest absolute Gasteiger partial charge is 0.310 e. The molecule has 0 unspecified atom stereocenters. The SMILES string of the molecule is CCNC(=NCc1ccccc1-n1cccn1)N1CCC[C@@H](C(=O)OCC)C1. The zero-order chi connectivity index (χ0) is 19.8. The van der Waals surface area contributed by atoms with E-state index in [1.807, 2.05) is 42.1 Å². The molecular weight excluding hydrogens is 354 g/mol. The highest BCUT2D eigenvalue weighted by atomic mass is 16.5. The van der Waals surface area contributed by atoms with Crippen LogP contribution in [0, 0.1) is 5.92 Å². The molecule has 1 saturated heterocycles. The van der Waals surface area contributed by atoms with E-state index >= 15 is 0 Å². The maximum atomic E-state index is 12.2. The van der Waals surface area contributed by atoms with Crippen LogP contribution in [0.2, 0.25) is 0 Å². The van der Waals surface area contributed by atoms with Gasteiger partial charge in [-0.1, -0.05) is 18.2 Å². The number of aliphatic imine (C=N–C) groups is 1. The van der Waals surface area contributed by atoms with Crippen LogP contribution in [-0.4, -0.2) is 52.9 Å². The number of esters is 1. The predicted octanol–water partition coefficient (Wildman–Crippen LogP) is 2.61. The Hall–Kier alpha value is -2.83. The topological polar surface area (TPSA) is 71.8 Å². The van der Waals surface area contributed by atoms with Gasteiger partial charge in [0, 0.05) is 32.0 Å². The van der Waals surface area contributed by atoms with Gasteiger partial charge >= 0.3 is 5.97 Å². The van der Waals surface area contributed by atoms with Crippen molar-refractivity contribution in [3.63, 3.8) is 0 Å². The van der Waals surface area contributed by atoms with Crippen molar-refractivity contribution in [3.8, 4) is 5.69 Å². The molecule has 1 aromatic heterocycles. The van der Waals surface area contributed by atoms with E-state index in [-0.39, 0.29) is 11.9 Å². The van der Waals surface area contributed by atoms with Crippen molar-refractivity contribution in [2.45, 2.75) is 33.2 Å². The molecule has 1 atom stereocenters. The standard InChI is InChI=1S/C21H29N5O2/c1-3-22-21(25-13-7-10-18(16-25)20(27)28-4-2)23-15-17-9-5-6-11-19(17)26-14-8-12-24-26/h5-6,8-9,11-12,14,18H,3-4,7,10,13,15-16H2,1-2H3,(H,22,23)/t18-/m1/s1. The van der Waals surface area contributed by atoms with Crippen LogP contribution in [0.4, 0.5) is 0 Å². The summed E-state index contributed by atoms with van der Waals surface area (Å²) in [7, 11) is 0. The lowest BCUT2D eigenvalue weighted by atomic mass is 9.98. The van der Waals surface area contributed by atoms with Crippen LogP contribution in [0.25, 0.3) is 5.69 Å². The van der Waals surface area contributed by atoms with E-state index < -0.39 is 0 Å². The first-order valence-electron chi connectivity index (χ1n) is 10.0. The summed E-state index contributed by atoms with van der Waals surface area (Å²) in [6.07, 6.45) is 5.53. The highest BCUT2D eigenvalue weighted by Crippen LogP contribution is 2.19. The third-order valence-corrected chi connectivity index (χ3v) is 4.82. The molecular formula is C21H29N5O2. The minimum atomic E-state index is -0.105. The van der Waals surface area contributed by atoms with Crippen molar-refractivity contribution < 1.29 is 9.53 Å². The van der Waals surface area contributed by atoms with Gasteiger partial charge in [0.05, 0.1) is 24.8 Å². The fraction of sp³-hybridized carbons (Fsp3) is 0.476. The second-order valence-corrected chi connectivity index (χ2v) is 6.79. The van der Waals surface area contributed by atoms with E-state index in [9.17, 15) is 4.79 Å². The van der Waals surface area contributed by atoms with Gasteiger partial charge < -0.3 is 15.0 Å². The second kappa shape index (κ2) is 9.92. The van der Waals surface area contributed by atoms with Crippen LogP contribution < -0.4 is 5.32 Å². The number of benzene rings is 1. The van der Waals surface area contributed by atoms with Crippen LogP contribution >= 0.6 is 0 Å². The minimum absolute atomic E-state index is 0.0890. The molecule has 28 heavy (non-hydrogen) atoms. The molecule has 7 nitrogen and oxygen atoms in total. The van der Waals surface area contributed by atoms with Gasteiger partial charge in [-0.15, -0.1) is 0 Å². The van der Waals surface area contributed by atoms with E-state index in [1.165, 1.54) is 0 Å². The average molecular weight is 383 g/mol. The molecule has 0 amide bonds. The molecule has 7 heteroatoms. The van der Waals surface area contributed by atoms with E-state index in [1.54, 1.807) is 6.20 Å². The van der Waals surface area contributed by atoms with Crippen molar-refractivity contribution in [1.82, 2.24) is 20.0 Å². The van der Waals surface area contributed by atoms with Gasteiger partial charge in [-0.05, 0) is 44.4 Å².